The van der Waals surface area contributed by atoms with Crippen LogP contribution in [0.1, 0.15) is 25.2 Å². The first-order chi connectivity index (χ1) is 7.79. The van der Waals surface area contributed by atoms with Crippen LogP contribution in [0.25, 0.3) is 0 Å². The fourth-order valence-electron chi connectivity index (χ4n) is 1.47. The van der Waals surface area contributed by atoms with Gasteiger partial charge in [0.15, 0.2) is 0 Å². The summed E-state index contributed by atoms with van der Waals surface area (Å²) in [7, 11) is 0. The van der Waals surface area contributed by atoms with Gasteiger partial charge in [0.1, 0.15) is 11.6 Å². The van der Waals surface area contributed by atoms with Gasteiger partial charge in [0.05, 0.1) is 11.1 Å². The van der Waals surface area contributed by atoms with Crippen LogP contribution in [0.15, 0.2) is 30.7 Å². The molecule has 0 radical (unpaired) electrons. The second-order valence-electron chi connectivity index (χ2n) is 3.44. The molecule has 5 heteroatoms. The van der Waals surface area contributed by atoms with E-state index in [2.05, 4.69) is 27.2 Å². The van der Waals surface area contributed by atoms with Gasteiger partial charge in [0.25, 0.3) is 0 Å². The van der Waals surface area contributed by atoms with Gasteiger partial charge in [-0.2, -0.15) is 0 Å². The molecule has 2 aromatic rings. The Morgan fingerprint density at radius 1 is 1.44 bits per heavy atom. The zero-order valence-corrected chi connectivity index (χ0v) is 9.70. The number of pyridine rings is 1. The largest absolute Gasteiger partial charge is 0.360 e. The summed E-state index contributed by atoms with van der Waals surface area (Å²) in [6.07, 6.45) is 6.11. The van der Waals surface area contributed by atoms with Gasteiger partial charge < -0.3 is 10.3 Å². The van der Waals surface area contributed by atoms with Crippen molar-refractivity contribution in [3.63, 3.8) is 0 Å². The van der Waals surface area contributed by atoms with E-state index in [0.717, 1.165) is 18.1 Å². The summed E-state index contributed by atoms with van der Waals surface area (Å²) in [4.78, 5) is 11.5. The molecule has 0 fully saturated rings. The highest BCUT2D eigenvalue weighted by atomic mass is 35.5. The molecular weight excluding hydrogens is 224 g/mol. The number of imidazole rings is 1. The van der Waals surface area contributed by atoms with Crippen molar-refractivity contribution in [2.45, 2.75) is 19.4 Å². The number of hydrogen-bond donors (Lipinski definition) is 2. The molecule has 0 amide bonds. The number of nitrogens with one attached hydrogen (secondary N) is 2. The summed E-state index contributed by atoms with van der Waals surface area (Å²) in [5, 5.41) is 3.93. The van der Waals surface area contributed by atoms with Crippen LogP contribution in [-0.4, -0.2) is 15.0 Å². The van der Waals surface area contributed by atoms with E-state index in [9.17, 15) is 0 Å². The van der Waals surface area contributed by atoms with Gasteiger partial charge in [-0.3, -0.25) is 0 Å². The van der Waals surface area contributed by atoms with E-state index >= 15 is 0 Å². The molecule has 0 bridgehead atoms. The number of aromatic amines is 1. The summed E-state index contributed by atoms with van der Waals surface area (Å²) >= 11 is 5.77. The summed E-state index contributed by atoms with van der Waals surface area (Å²) in [6.45, 7) is 2.09. The lowest BCUT2D eigenvalue weighted by Gasteiger charge is -2.14. The normalized spacial score (nSPS) is 12.4. The third-order valence-corrected chi connectivity index (χ3v) is 2.53. The Morgan fingerprint density at radius 2 is 2.31 bits per heavy atom. The third kappa shape index (κ3) is 2.52. The van der Waals surface area contributed by atoms with Crippen molar-refractivity contribution in [1.82, 2.24) is 15.0 Å². The number of aromatic nitrogens is 3. The zero-order chi connectivity index (χ0) is 11.4. The number of hydrogen-bond acceptors (Lipinski definition) is 3. The van der Waals surface area contributed by atoms with Gasteiger partial charge in [-0.25, -0.2) is 9.97 Å². The average Bonchev–Trinajstić information content (AvgIpc) is 2.82. The van der Waals surface area contributed by atoms with Gasteiger partial charge in [-0.15, -0.1) is 0 Å². The Labute approximate surface area is 99.1 Å². The second kappa shape index (κ2) is 4.99. The Bertz CT molecular complexity index is 424. The number of halogens is 1. The predicted octanol–water partition coefficient (Wildman–Crippen LogP) is 3.02. The Kier molecular flexibility index (Phi) is 3.41. The summed E-state index contributed by atoms with van der Waals surface area (Å²) in [5.41, 5.74) is 0. The topological polar surface area (TPSA) is 53.6 Å². The molecule has 2 rings (SSSR count). The van der Waals surface area contributed by atoms with Crippen molar-refractivity contribution in [2.75, 3.05) is 5.32 Å². The van der Waals surface area contributed by atoms with Gasteiger partial charge in [0.2, 0.25) is 0 Å². The van der Waals surface area contributed by atoms with Crippen molar-refractivity contribution < 1.29 is 0 Å². The van der Waals surface area contributed by atoms with Crippen LogP contribution >= 0.6 is 11.6 Å². The van der Waals surface area contributed by atoms with Crippen molar-refractivity contribution in [3.05, 3.63) is 41.6 Å². The van der Waals surface area contributed by atoms with E-state index in [4.69, 9.17) is 11.6 Å². The average molecular weight is 237 g/mol. The van der Waals surface area contributed by atoms with Crippen LogP contribution in [0.5, 0.6) is 0 Å². The lowest BCUT2D eigenvalue weighted by Crippen LogP contribution is -2.12. The fourth-order valence-corrected chi connectivity index (χ4v) is 1.58. The SMILES string of the molecule is CCC(Nc1ccc(Cl)cn1)c1ncc[nH]1. The van der Waals surface area contributed by atoms with E-state index in [1.165, 1.54) is 0 Å². The zero-order valence-electron chi connectivity index (χ0n) is 8.94. The molecule has 84 valence electrons. The maximum absolute atomic E-state index is 5.77. The maximum Gasteiger partial charge on any atom is 0.128 e. The fraction of sp³-hybridized carbons (Fsp3) is 0.273. The van der Waals surface area contributed by atoms with E-state index < -0.39 is 0 Å². The molecule has 16 heavy (non-hydrogen) atoms. The van der Waals surface area contributed by atoms with Gasteiger partial charge in [-0.1, -0.05) is 18.5 Å². The summed E-state index contributed by atoms with van der Waals surface area (Å²) in [6, 6.07) is 3.81. The molecule has 0 saturated carbocycles. The van der Waals surface area contributed by atoms with Crippen LogP contribution in [0.4, 0.5) is 5.82 Å². The number of rotatable bonds is 4. The minimum atomic E-state index is 0.142. The van der Waals surface area contributed by atoms with Crippen LogP contribution in [-0.2, 0) is 0 Å². The van der Waals surface area contributed by atoms with Crippen molar-refractivity contribution in [1.29, 1.82) is 0 Å². The highest BCUT2D eigenvalue weighted by Crippen LogP contribution is 2.18. The van der Waals surface area contributed by atoms with Crippen molar-refractivity contribution in [3.8, 4) is 0 Å². The molecule has 0 spiro atoms. The lowest BCUT2D eigenvalue weighted by molar-refractivity contribution is 0.700. The molecule has 2 N–H and O–H groups in total. The van der Waals surface area contributed by atoms with E-state index in [1.807, 2.05) is 18.3 Å². The first-order valence-electron chi connectivity index (χ1n) is 5.17. The number of H-pyrrole nitrogens is 1. The number of anilines is 1. The second-order valence-corrected chi connectivity index (χ2v) is 3.88. The standard InChI is InChI=1S/C11H13ClN4/c1-2-9(11-13-5-6-14-11)16-10-4-3-8(12)7-15-10/h3-7,9H,2H2,1H3,(H,13,14)(H,15,16). The highest BCUT2D eigenvalue weighted by Gasteiger charge is 2.11. The van der Waals surface area contributed by atoms with Gasteiger partial charge >= 0.3 is 0 Å². The molecule has 0 saturated heterocycles. The quantitative estimate of drug-likeness (QED) is 0.858. The van der Waals surface area contributed by atoms with E-state index in [-0.39, 0.29) is 6.04 Å². The van der Waals surface area contributed by atoms with Crippen LogP contribution < -0.4 is 5.32 Å². The summed E-state index contributed by atoms with van der Waals surface area (Å²) in [5.74, 6) is 1.71. The molecule has 4 nitrogen and oxygen atoms in total. The van der Waals surface area contributed by atoms with Crippen LogP contribution in [0, 0.1) is 0 Å². The molecule has 0 aromatic carbocycles. The Morgan fingerprint density at radius 3 is 2.88 bits per heavy atom. The Balaban J connectivity index is 2.10. The highest BCUT2D eigenvalue weighted by molar-refractivity contribution is 6.30. The lowest BCUT2D eigenvalue weighted by atomic mass is 10.2. The molecule has 0 aliphatic carbocycles. The van der Waals surface area contributed by atoms with Crippen LogP contribution in [0.2, 0.25) is 5.02 Å². The first-order valence-corrected chi connectivity index (χ1v) is 5.54. The molecule has 0 aliphatic heterocycles. The minimum Gasteiger partial charge on any atom is -0.360 e. The van der Waals surface area contributed by atoms with Crippen molar-refractivity contribution >= 4 is 17.4 Å². The summed E-state index contributed by atoms with van der Waals surface area (Å²) < 4.78 is 0. The van der Waals surface area contributed by atoms with E-state index in [1.54, 1.807) is 12.4 Å². The molecule has 2 aromatic heterocycles. The molecule has 2 heterocycles. The molecule has 0 aliphatic rings. The number of nitrogens with zero attached hydrogens (tertiary/aromatic N) is 2. The minimum absolute atomic E-state index is 0.142. The van der Waals surface area contributed by atoms with Crippen molar-refractivity contribution in [2.24, 2.45) is 0 Å². The molecular formula is C11H13ClN4. The van der Waals surface area contributed by atoms with Gasteiger partial charge in [0, 0.05) is 18.6 Å². The van der Waals surface area contributed by atoms with Gasteiger partial charge in [-0.05, 0) is 18.6 Å². The van der Waals surface area contributed by atoms with E-state index in [0.29, 0.717) is 5.02 Å². The third-order valence-electron chi connectivity index (χ3n) is 2.31. The predicted molar refractivity (Wildman–Crippen MR) is 64.5 cm³/mol. The molecule has 1 atom stereocenters. The molecule has 1 unspecified atom stereocenters. The monoisotopic (exact) mass is 236 g/mol. The Hall–Kier alpha value is -1.55. The smallest absolute Gasteiger partial charge is 0.128 e. The first kappa shape index (κ1) is 11.0. The maximum atomic E-state index is 5.77. The van der Waals surface area contributed by atoms with Crippen LogP contribution in [0.3, 0.4) is 0 Å².